The maximum Gasteiger partial charge on any atom is 0.246 e. The lowest BCUT2D eigenvalue weighted by atomic mass is 10.0. The number of nitrogens with zero attached hydrogens (tertiary/aromatic N) is 1. The van der Waals surface area contributed by atoms with Gasteiger partial charge in [0.15, 0.2) is 0 Å². The molecule has 0 saturated carbocycles. The summed E-state index contributed by atoms with van der Waals surface area (Å²) in [6.45, 7) is 13.8. The number of allylic oxidation sites excluding steroid dienone is 2. The van der Waals surface area contributed by atoms with E-state index < -0.39 is 0 Å². The summed E-state index contributed by atoms with van der Waals surface area (Å²) in [6.07, 6.45) is 13.2. The van der Waals surface area contributed by atoms with Gasteiger partial charge in [0.05, 0.1) is 6.54 Å². The zero-order valence-corrected chi connectivity index (χ0v) is 14.2. The van der Waals surface area contributed by atoms with Crippen LogP contribution in [-0.4, -0.2) is 23.4 Å². The first kappa shape index (κ1) is 20.2. The Bertz CT molecular complexity index is 388. The molecule has 0 atom stereocenters. The molecule has 1 amide bonds. The summed E-state index contributed by atoms with van der Waals surface area (Å²) in [6, 6.07) is 0.173. The Kier molecular flexibility index (Phi) is 13.1. The number of hydrogen-bond acceptors (Lipinski definition) is 1. The Morgan fingerprint density at radius 1 is 1.09 bits per heavy atom. The number of unbranched alkanes of at least 4 members (excludes halogenated alkanes) is 3. The van der Waals surface area contributed by atoms with Gasteiger partial charge >= 0.3 is 0 Å². The Balaban J connectivity index is 4.72. The summed E-state index contributed by atoms with van der Waals surface area (Å²) >= 11 is 0. The first-order valence-corrected chi connectivity index (χ1v) is 8.31. The average Bonchev–Trinajstić information content (AvgIpc) is 2.54. The fourth-order valence-electron chi connectivity index (χ4n) is 2.27. The highest BCUT2D eigenvalue weighted by Crippen LogP contribution is 2.14. The van der Waals surface area contributed by atoms with Crippen molar-refractivity contribution in [2.24, 2.45) is 0 Å². The van der Waals surface area contributed by atoms with Crippen molar-refractivity contribution in [2.45, 2.75) is 64.3 Å². The van der Waals surface area contributed by atoms with E-state index in [1.807, 2.05) is 17.1 Å². The highest BCUT2D eigenvalue weighted by atomic mass is 16.2. The highest BCUT2D eigenvalue weighted by molar-refractivity contribution is 5.87. The minimum atomic E-state index is -0.0408. The predicted octanol–water partition coefficient (Wildman–Crippen LogP) is 4.89. The Morgan fingerprint density at radius 3 is 2.23 bits per heavy atom. The van der Waals surface area contributed by atoms with Gasteiger partial charge in [-0.05, 0) is 38.2 Å². The molecule has 0 unspecified atom stereocenters. The van der Waals surface area contributed by atoms with E-state index in [2.05, 4.69) is 38.5 Å². The lowest BCUT2D eigenvalue weighted by Crippen LogP contribution is -2.39. The molecule has 2 heteroatoms. The zero-order chi connectivity index (χ0) is 16.6. The largest absolute Gasteiger partial charge is 0.325 e. The standard InChI is InChI=1S/C20H31NO/c1-5-9-12-13-14-15-18-21(20(22)8-4)19(16-10-6-2)17-11-7-3/h6-8,19H,2-5,9-13,16-18H2,1H3. The van der Waals surface area contributed by atoms with E-state index in [-0.39, 0.29) is 11.9 Å². The van der Waals surface area contributed by atoms with Crippen LogP contribution in [0.2, 0.25) is 0 Å². The van der Waals surface area contributed by atoms with Crippen molar-refractivity contribution in [1.82, 2.24) is 4.90 Å². The molecule has 0 aromatic heterocycles. The van der Waals surface area contributed by atoms with E-state index in [0.717, 1.165) is 38.5 Å². The normalized spacial score (nSPS) is 9.73. The van der Waals surface area contributed by atoms with E-state index in [4.69, 9.17) is 0 Å². The van der Waals surface area contributed by atoms with Crippen molar-refractivity contribution in [1.29, 1.82) is 0 Å². The molecule has 0 fully saturated rings. The average molecular weight is 301 g/mol. The molecular formula is C20H31NO. The fraction of sp³-hybridized carbons (Fsp3) is 0.550. The van der Waals surface area contributed by atoms with Crippen molar-refractivity contribution in [3.63, 3.8) is 0 Å². The number of carbonyl (C=O) groups excluding carboxylic acids is 1. The Labute approximate surface area is 137 Å². The molecule has 0 spiro atoms. The quantitative estimate of drug-likeness (QED) is 0.218. The molecule has 0 aliphatic heterocycles. The second-order valence-electron chi connectivity index (χ2n) is 5.37. The fourth-order valence-corrected chi connectivity index (χ4v) is 2.27. The zero-order valence-electron chi connectivity index (χ0n) is 14.2. The van der Waals surface area contributed by atoms with Gasteiger partial charge in [-0.25, -0.2) is 0 Å². The number of rotatable bonds is 12. The molecule has 0 bridgehead atoms. The van der Waals surface area contributed by atoms with Crippen LogP contribution in [-0.2, 0) is 4.79 Å². The molecule has 22 heavy (non-hydrogen) atoms. The molecule has 0 rings (SSSR count). The molecule has 0 aromatic carbocycles. The molecule has 0 heterocycles. The molecule has 0 radical (unpaired) electrons. The van der Waals surface area contributed by atoms with Crippen LogP contribution in [0.1, 0.15) is 58.3 Å². The van der Waals surface area contributed by atoms with Gasteiger partial charge in [0.1, 0.15) is 0 Å². The molecule has 0 aliphatic carbocycles. The van der Waals surface area contributed by atoms with Crippen LogP contribution in [0, 0.1) is 11.8 Å². The third-order valence-corrected chi connectivity index (χ3v) is 3.59. The van der Waals surface area contributed by atoms with Gasteiger partial charge in [0.2, 0.25) is 5.91 Å². The summed E-state index contributed by atoms with van der Waals surface area (Å²) in [5, 5.41) is 0. The number of amides is 1. The van der Waals surface area contributed by atoms with E-state index in [0.29, 0.717) is 6.54 Å². The topological polar surface area (TPSA) is 20.3 Å². The Morgan fingerprint density at radius 2 is 1.73 bits per heavy atom. The van der Waals surface area contributed by atoms with Crippen LogP contribution in [0.5, 0.6) is 0 Å². The summed E-state index contributed by atoms with van der Waals surface area (Å²) < 4.78 is 0. The summed E-state index contributed by atoms with van der Waals surface area (Å²) in [4.78, 5) is 14.0. The first-order chi connectivity index (χ1) is 10.7. The summed E-state index contributed by atoms with van der Waals surface area (Å²) in [5.74, 6) is 6.29. The minimum Gasteiger partial charge on any atom is -0.325 e. The minimum absolute atomic E-state index is 0.0408. The third kappa shape index (κ3) is 9.23. The van der Waals surface area contributed by atoms with Gasteiger partial charge in [-0.2, -0.15) is 0 Å². The second-order valence-corrected chi connectivity index (χ2v) is 5.37. The number of carbonyl (C=O) groups is 1. The molecule has 0 saturated heterocycles. The van der Waals surface area contributed by atoms with Gasteiger partial charge in [-0.15, -0.1) is 19.1 Å². The molecular weight excluding hydrogens is 270 g/mol. The first-order valence-electron chi connectivity index (χ1n) is 8.31. The SMILES string of the molecule is C=CCCC(CCC=C)N(CC#CCCCCC)C(=O)C=C. The van der Waals surface area contributed by atoms with Gasteiger partial charge < -0.3 is 4.90 Å². The maximum absolute atomic E-state index is 12.1. The van der Waals surface area contributed by atoms with Crippen LogP contribution in [0.3, 0.4) is 0 Å². The van der Waals surface area contributed by atoms with Crippen molar-refractivity contribution < 1.29 is 4.79 Å². The monoisotopic (exact) mass is 301 g/mol. The van der Waals surface area contributed by atoms with Crippen molar-refractivity contribution >= 4 is 5.91 Å². The van der Waals surface area contributed by atoms with Crippen molar-refractivity contribution in [3.8, 4) is 11.8 Å². The predicted molar refractivity (Wildman–Crippen MR) is 96.5 cm³/mol. The lowest BCUT2D eigenvalue weighted by Gasteiger charge is -2.29. The van der Waals surface area contributed by atoms with Crippen LogP contribution >= 0.6 is 0 Å². The molecule has 0 aromatic rings. The van der Waals surface area contributed by atoms with Gasteiger partial charge in [0, 0.05) is 12.5 Å². The van der Waals surface area contributed by atoms with Gasteiger partial charge in [-0.1, -0.05) is 44.4 Å². The van der Waals surface area contributed by atoms with E-state index in [1.165, 1.54) is 18.9 Å². The molecule has 122 valence electrons. The van der Waals surface area contributed by atoms with E-state index >= 15 is 0 Å². The Hall–Kier alpha value is -1.75. The van der Waals surface area contributed by atoms with Crippen molar-refractivity contribution in [2.75, 3.05) is 6.54 Å². The van der Waals surface area contributed by atoms with E-state index in [9.17, 15) is 4.79 Å². The van der Waals surface area contributed by atoms with E-state index in [1.54, 1.807) is 0 Å². The van der Waals surface area contributed by atoms with Crippen LogP contribution in [0.15, 0.2) is 38.0 Å². The van der Waals surface area contributed by atoms with Gasteiger partial charge in [0.25, 0.3) is 0 Å². The molecule has 2 nitrogen and oxygen atoms in total. The second kappa shape index (κ2) is 14.2. The summed E-state index contributed by atoms with van der Waals surface area (Å²) in [5.41, 5.74) is 0. The molecule has 0 N–H and O–H groups in total. The maximum atomic E-state index is 12.1. The van der Waals surface area contributed by atoms with Crippen LogP contribution in [0.4, 0.5) is 0 Å². The van der Waals surface area contributed by atoms with Crippen molar-refractivity contribution in [3.05, 3.63) is 38.0 Å². The summed E-state index contributed by atoms with van der Waals surface area (Å²) in [7, 11) is 0. The smallest absolute Gasteiger partial charge is 0.246 e. The van der Waals surface area contributed by atoms with Crippen LogP contribution in [0.25, 0.3) is 0 Å². The molecule has 0 aliphatic rings. The van der Waals surface area contributed by atoms with Gasteiger partial charge in [-0.3, -0.25) is 4.79 Å². The third-order valence-electron chi connectivity index (χ3n) is 3.59. The lowest BCUT2D eigenvalue weighted by molar-refractivity contribution is -0.127. The van der Waals surface area contributed by atoms with Crippen LogP contribution < -0.4 is 0 Å². The highest BCUT2D eigenvalue weighted by Gasteiger charge is 2.19. The number of hydrogen-bond donors (Lipinski definition) is 0.